The van der Waals surface area contributed by atoms with Crippen molar-refractivity contribution in [3.63, 3.8) is 0 Å². The molecule has 1 fully saturated rings. The van der Waals surface area contributed by atoms with Crippen LogP contribution in [0.15, 0.2) is 52.2 Å². The average Bonchev–Trinajstić information content (AvgIpc) is 2.75. The van der Waals surface area contributed by atoms with E-state index in [1.165, 1.54) is 11.4 Å². The van der Waals surface area contributed by atoms with E-state index in [0.717, 1.165) is 12.1 Å². The van der Waals surface area contributed by atoms with Gasteiger partial charge in [0.25, 0.3) is 5.56 Å². The van der Waals surface area contributed by atoms with Gasteiger partial charge in [0.1, 0.15) is 5.69 Å². The van der Waals surface area contributed by atoms with Crippen molar-refractivity contribution in [1.82, 2.24) is 8.87 Å². The number of carbonyl (C=O) groups is 1. The molecule has 1 saturated heterocycles. The lowest BCUT2D eigenvalue weighted by Gasteiger charge is -2.42. The van der Waals surface area contributed by atoms with Gasteiger partial charge < -0.3 is 14.6 Å². The predicted octanol–water partition coefficient (Wildman–Crippen LogP) is 1.63. The molecule has 0 spiro atoms. The number of benzene rings is 1. The van der Waals surface area contributed by atoms with Gasteiger partial charge in [-0.05, 0) is 36.6 Å². The summed E-state index contributed by atoms with van der Waals surface area (Å²) in [5, 5.41) is 2.66. The molecule has 0 unspecified atom stereocenters. The van der Waals surface area contributed by atoms with Gasteiger partial charge in [-0.1, -0.05) is 18.2 Å². The van der Waals surface area contributed by atoms with Gasteiger partial charge in [-0.25, -0.2) is 8.42 Å². The largest absolute Gasteiger partial charge is 0.384 e. The van der Waals surface area contributed by atoms with Gasteiger partial charge in [-0.2, -0.15) is 4.31 Å². The zero-order valence-corrected chi connectivity index (χ0v) is 17.6. The van der Waals surface area contributed by atoms with E-state index in [2.05, 4.69) is 5.32 Å². The normalized spacial score (nSPS) is 21.1. The third kappa shape index (κ3) is 3.92. The molecular weight excluding hydrogens is 406 g/mol. The highest BCUT2D eigenvalue weighted by molar-refractivity contribution is 7.89. The topological polar surface area (TPSA) is 97.7 Å². The molecule has 8 nitrogen and oxygen atoms in total. The number of carbonyl (C=O) groups excluding carboxylic acids is 1. The van der Waals surface area contributed by atoms with E-state index in [0.29, 0.717) is 19.6 Å². The number of methoxy groups -OCH3 is 1. The summed E-state index contributed by atoms with van der Waals surface area (Å²) in [6.45, 7) is 1.44. The minimum atomic E-state index is -3.57. The fourth-order valence-corrected chi connectivity index (χ4v) is 5.92. The Bertz CT molecular complexity index is 1100. The molecule has 3 heterocycles. The SMILES string of the molecule is COCCC(=O)Nc1ccc2n(c1=O)C[C@H]1C[C@@H]2CN(S(=O)(=O)c2ccccc2)C1. The maximum atomic E-state index is 13.1. The highest BCUT2D eigenvalue weighted by atomic mass is 32.2. The Morgan fingerprint density at radius 1 is 1.13 bits per heavy atom. The van der Waals surface area contributed by atoms with Crippen molar-refractivity contribution in [2.24, 2.45) is 5.92 Å². The Kier molecular flexibility index (Phi) is 5.77. The number of fused-ring (bicyclic) bond motifs is 4. The number of piperidine rings is 1. The summed E-state index contributed by atoms with van der Waals surface area (Å²) < 4.78 is 34.2. The lowest BCUT2D eigenvalue weighted by molar-refractivity contribution is -0.117. The second-order valence-corrected chi connectivity index (χ2v) is 9.75. The fraction of sp³-hybridized carbons (Fsp3) is 0.429. The molecule has 1 aromatic carbocycles. The molecule has 9 heteroatoms. The first kappa shape index (κ1) is 20.8. The zero-order valence-electron chi connectivity index (χ0n) is 16.8. The Hall–Kier alpha value is -2.49. The summed E-state index contributed by atoms with van der Waals surface area (Å²) in [5.41, 5.74) is 0.819. The number of ether oxygens (including phenoxy) is 1. The van der Waals surface area contributed by atoms with Crippen molar-refractivity contribution in [2.75, 3.05) is 32.1 Å². The van der Waals surface area contributed by atoms with Crippen LogP contribution in [-0.2, 0) is 26.1 Å². The predicted molar refractivity (Wildman–Crippen MR) is 112 cm³/mol. The maximum Gasteiger partial charge on any atom is 0.274 e. The van der Waals surface area contributed by atoms with E-state index in [-0.39, 0.29) is 46.9 Å². The molecule has 2 atom stereocenters. The number of nitrogens with zero attached hydrogens (tertiary/aromatic N) is 2. The molecule has 2 aliphatic rings. The van der Waals surface area contributed by atoms with Crippen LogP contribution in [0.3, 0.4) is 0 Å². The number of hydrogen-bond donors (Lipinski definition) is 1. The second kappa shape index (κ2) is 8.33. The number of aromatic nitrogens is 1. The molecule has 1 aromatic heterocycles. The van der Waals surface area contributed by atoms with Crippen molar-refractivity contribution in [3.05, 3.63) is 58.5 Å². The van der Waals surface area contributed by atoms with Crippen LogP contribution in [0.5, 0.6) is 0 Å². The van der Waals surface area contributed by atoms with Gasteiger partial charge >= 0.3 is 0 Å². The third-order valence-electron chi connectivity index (χ3n) is 5.76. The summed E-state index contributed by atoms with van der Waals surface area (Å²) in [6.07, 6.45) is 1.02. The van der Waals surface area contributed by atoms with E-state index >= 15 is 0 Å². The first-order valence-corrected chi connectivity index (χ1v) is 11.4. The van der Waals surface area contributed by atoms with Gasteiger partial charge in [-0.3, -0.25) is 9.59 Å². The fourth-order valence-electron chi connectivity index (χ4n) is 4.34. The van der Waals surface area contributed by atoms with E-state index in [1.54, 1.807) is 41.0 Å². The Morgan fingerprint density at radius 3 is 2.63 bits per heavy atom. The minimum absolute atomic E-state index is 0.0480. The van der Waals surface area contributed by atoms with E-state index in [9.17, 15) is 18.0 Å². The van der Waals surface area contributed by atoms with Crippen LogP contribution < -0.4 is 10.9 Å². The molecule has 0 saturated carbocycles. The van der Waals surface area contributed by atoms with Gasteiger partial charge in [0.05, 0.1) is 17.9 Å². The number of sulfonamides is 1. The highest BCUT2D eigenvalue weighted by Crippen LogP contribution is 2.37. The van der Waals surface area contributed by atoms with Crippen LogP contribution in [0.25, 0.3) is 0 Å². The zero-order chi connectivity index (χ0) is 21.3. The summed E-state index contributed by atoms with van der Waals surface area (Å²) in [5.74, 6) is -0.278. The Balaban J connectivity index is 1.58. The molecule has 1 amide bonds. The molecule has 160 valence electrons. The molecule has 2 bridgehead atoms. The first-order valence-electron chi connectivity index (χ1n) is 9.98. The summed E-state index contributed by atoms with van der Waals surface area (Å²) >= 11 is 0. The van der Waals surface area contributed by atoms with Crippen molar-refractivity contribution in [3.8, 4) is 0 Å². The first-order chi connectivity index (χ1) is 14.4. The number of amides is 1. The molecule has 2 aliphatic heterocycles. The van der Waals surface area contributed by atoms with Crippen molar-refractivity contribution < 1.29 is 17.9 Å². The van der Waals surface area contributed by atoms with Crippen LogP contribution in [0.2, 0.25) is 0 Å². The number of rotatable bonds is 6. The average molecular weight is 432 g/mol. The van der Waals surface area contributed by atoms with E-state index in [4.69, 9.17) is 4.74 Å². The van der Waals surface area contributed by atoms with E-state index in [1.807, 2.05) is 6.07 Å². The Morgan fingerprint density at radius 2 is 1.90 bits per heavy atom. The lowest BCUT2D eigenvalue weighted by atomic mass is 9.84. The summed E-state index contributed by atoms with van der Waals surface area (Å²) in [6, 6.07) is 11.9. The van der Waals surface area contributed by atoms with Gasteiger partial charge in [0.15, 0.2) is 0 Å². The maximum absolute atomic E-state index is 13.1. The lowest BCUT2D eigenvalue weighted by Crippen LogP contribution is -2.49. The molecule has 1 N–H and O–H groups in total. The summed E-state index contributed by atoms with van der Waals surface area (Å²) in [7, 11) is -2.06. The number of nitrogens with one attached hydrogen (secondary N) is 1. The van der Waals surface area contributed by atoms with Crippen LogP contribution in [0.4, 0.5) is 5.69 Å². The van der Waals surface area contributed by atoms with Crippen molar-refractivity contribution >= 4 is 21.6 Å². The highest BCUT2D eigenvalue weighted by Gasteiger charge is 2.39. The molecule has 0 aliphatic carbocycles. The Labute approximate surface area is 175 Å². The van der Waals surface area contributed by atoms with Gasteiger partial charge in [0.2, 0.25) is 15.9 Å². The van der Waals surface area contributed by atoms with Crippen LogP contribution in [0.1, 0.15) is 24.5 Å². The number of hydrogen-bond acceptors (Lipinski definition) is 5. The molecule has 4 rings (SSSR count). The molecular formula is C21H25N3O5S. The van der Waals surface area contributed by atoms with Gasteiger partial charge in [-0.15, -0.1) is 0 Å². The number of anilines is 1. The number of pyridine rings is 1. The van der Waals surface area contributed by atoms with Crippen LogP contribution in [-0.4, -0.2) is 50.0 Å². The van der Waals surface area contributed by atoms with Gasteiger partial charge in [0, 0.05) is 38.4 Å². The van der Waals surface area contributed by atoms with Crippen molar-refractivity contribution in [1.29, 1.82) is 0 Å². The monoisotopic (exact) mass is 431 g/mol. The summed E-state index contributed by atoms with van der Waals surface area (Å²) in [4.78, 5) is 25.2. The van der Waals surface area contributed by atoms with Crippen LogP contribution >= 0.6 is 0 Å². The van der Waals surface area contributed by atoms with E-state index < -0.39 is 10.0 Å². The molecule has 30 heavy (non-hydrogen) atoms. The van der Waals surface area contributed by atoms with Crippen molar-refractivity contribution in [2.45, 2.75) is 30.2 Å². The smallest absolute Gasteiger partial charge is 0.274 e. The minimum Gasteiger partial charge on any atom is -0.384 e. The molecule has 2 aromatic rings. The third-order valence-corrected chi connectivity index (χ3v) is 7.60. The van der Waals surface area contributed by atoms with Crippen LogP contribution in [0, 0.1) is 5.92 Å². The standard InChI is InChI=1S/C21H25N3O5S/c1-29-10-9-20(25)22-18-7-8-19-16-11-15(13-24(19)21(18)26)12-23(14-16)30(27,28)17-5-3-2-4-6-17/h2-8,15-16H,9-14H2,1H3,(H,22,25)/t15-,16+/m0/s1. The second-order valence-electron chi connectivity index (χ2n) is 7.81. The molecule has 0 radical (unpaired) electrons. The quantitative estimate of drug-likeness (QED) is 0.750.